The Hall–Kier alpha value is -2.83. The van der Waals surface area contributed by atoms with E-state index in [4.69, 9.17) is 4.74 Å². The first-order valence-corrected chi connectivity index (χ1v) is 9.03. The first-order valence-electron chi connectivity index (χ1n) is 9.03. The number of aromatic nitrogens is 2. The van der Waals surface area contributed by atoms with E-state index < -0.39 is 0 Å². The number of benzene rings is 1. The van der Waals surface area contributed by atoms with Gasteiger partial charge in [-0.3, -0.25) is 4.79 Å². The molecule has 1 amide bonds. The SMILES string of the molecule is CN1CCOc2ccc(C(=O)NCC3CCCN3c3cccnn3)cc21. The number of rotatable bonds is 4. The summed E-state index contributed by atoms with van der Waals surface area (Å²) in [5.74, 6) is 1.65. The topological polar surface area (TPSA) is 70.6 Å². The zero-order chi connectivity index (χ0) is 17.9. The van der Waals surface area contributed by atoms with Crippen molar-refractivity contribution in [1.82, 2.24) is 15.5 Å². The Labute approximate surface area is 153 Å². The molecular weight excluding hydrogens is 330 g/mol. The van der Waals surface area contributed by atoms with Crippen LogP contribution in [0, 0.1) is 0 Å². The molecule has 1 saturated heterocycles. The quantitative estimate of drug-likeness (QED) is 0.902. The van der Waals surface area contributed by atoms with Gasteiger partial charge >= 0.3 is 0 Å². The van der Waals surface area contributed by atoms with Crippen molar-refractivity contribution in [2.45, 2.75) is 18.9 Å². The maximum atomic E-state index is 12.6. The number of fused-ring (bicyclic) bond motifs is 1. The molecule has 2 aromatic rings. The number of likely N-dealkylation sites (N-methyl/N-ethyl adjacent to an activating group) is 1. The van der Waals surface area contributed by atoms with Crippen LogP contribution in [0.2, 0.25) is 0 Å². The average Bonchev–Trinajstić information content (AvgIpc) is 3.15. The summed E-state index contributed by atoms with van der Waals surface area (Å²) >= 11 is 0. The number of carbonyl (C=O) groups excluding carboxylic acids is 1. The Balaban J connectivity index is 1.42. The monoisotopic (exact) mass is 353 g/mol. The third kappa shape index (κ3) is 3.29. The molecule has 2 aliphatic rings. The molecule has 26 heavy (non-hydrogen) atoms. The number of amides is 1. The summed E-state index contributed by atoms with van der Waals surface area (Å²) in [6.07, 6.45) is 3.81. The van der Waals surface area contributed by atoms with Crippen molar-refractivity contribution < 1.29 is 9.53 Å². The van der Waals surface area contributed by atoms with Crippen molar-refractivity contribution >= 4 is 17.4 Å². The lowest BCUT2D eigenvalue weighted by Gasteiger charge is -2.28. The van der Waals surface area contributed by atoms with Gasteiger partial charge in [0.2, 0.25) is 0 Å². The van der Waals surface area contributed by atoms with E-state index in [0.29, 0.717) is 18.7 Å². The highest BCUT2D eigenvalue weighted by atomic mass is 16.5. The minimum atomic E-state index is -0.0576. The van der Waals surface area contributed by atoms with E-state index in [-0.39, 0.29) is 11.9 Å². The van der Waals surface area contributed by atoms with Crippen LogP contribution >= 0.6 is 0 Å². The van der Waals surface area contributed by atoms with Crippen molar-refractivity contribution in [3.8, 4) is 5.75 Å². The van der Waals surface area contributed by atoms with Gasteiger partial charge in [0.1, 0.15) is 12.4 Å². The smallest absolute Gasteiger partial charge is 0.251 e. The maximum Gasteiger partial charge on any atom is 0.251 e. The summed E-state index contributed by atoms with van der Waals surface area (Å²) in [5, 5.41) is 11.2. The minimum absolute atomic E-state index is 0.0576. The minimum Gasteiger partial charge on any atom is -0.490 e. The third-order valence-corrected chi connectivity index (χ3v) is 5.04. The van der Waals surface area contributed by atoms with Crippen molar-refractivity contribution in [2.24, 2.45) is 0 Å². The standard InChI is InChI=1S/C19H23N5O2/c1-23-10-11-26-17-7-6-14(12-16(17)23)19(25)20-13-15-4-3-9-24(15)18-5-2-8-21-22-18/h2,5-8,12,15H,3-4,9-11,13H2,1H3,(H,20,25). The van der Waals surface area contributed by atoms with E-state index in [0.717, 1.165) is 43.2 Å². The zero-order valence-corrected chi connectivity index (χ0v) is 14.9. The van der Waals surface area contributed by atoms with Crippen molar-refractivity contribution in [2.75, 3.05) is 43.1 Å². The molecule has 2 aliphatic heterocycles. The van der Waals surface area contributed by atoms with Crippen LogP contribution in [-0.4, -0.2) is 55.4 Å². The normalized spacial score (nSPS) is 19.0. The Kier molecular flexibility index (Phi) is 4.60. The van der Waals surface area contributed by atoms with Crippen LogP contribution < -0.4 is 19.9 Å². The molecule has 136 valence electrons. The van der Waals surface area contributed by atoms with Crippen LogP contribution in [-0.2, 0) is 0 Å². The Morgan fingerprint density at radius 2 is 2.27 bits per heavy atom. The fourth-order valence-corrected chi connectivity index (χ4v) is 3.60. The van der Waals surface area contributed by atoms with Gasteiger partial charge in [-0.25, -0.2) is 0 Å². The molecule has 1 aromatic carbocycles. The Bertz CT molecular complexity index is 783. The van der Waals surface area contributed by atoms with E-state index in [2.05, 4.69) is 25.3 Å². The lowest BCUT2D eigenvalue weighted by atomic mass is 10.1. The highest BCUT2D eigenvalue weighted by molar-refractivity contribution is 5.95. The number of hydrogen-bond acceptors (Lipinski definition) is 6. The van der Waals surface area contributed by atoms with Crippen LogP contribution in [0.1, 0.15) is 23.2 Å². The predicted molar refractivity (Wildman–Crippen MR) is 99.9 cm³/mol. The van der Waals surface area contributed by atoms with Crippen LogP contribution in [0.4, 0.5) is 11.5 Å². The van der Waals surface area contributed by atoms with Crippen LogP contribution in [0.25, 0.3) is 0 Å². The van der Waals surface area contributed by atoms with Crippen molar-refractivity contribution in [3.05, 3.63) is 42.1 Å². The molecular formula is C19H23N5O2. The molecule has 0 saturated carbocycles. The van der Waals surface area contributed by atoms with Gasteiger partial charge in [-0.1, -0.05) is 0 Å². The Morgan fingerprint density at radius 3 is 3.12 bits per heavy atom. The molecule has 1 aromatic heterocycles. The Morgan fingerprint density at radius 1 is 1.35 bits per heavy atom. The summed E-state index contributed by atoms with van der Waals surface area (Å²) in [4.78, 5) is 17.0. The number of carbonyl (C=O) groups is 1. The molecule has 1 N–H and O–H groups in total. The van der Waals surface area contributed by atoms with Gasteiger partial charge in [-0.2, -0.15) is 5.10 Å². The van der Waals surface area contributed by atoms with Gasteiger partial charge in [0.25, 0.3) is 5.91 Å². The van der Waals surface area contributed by atoms with E-state index in [1.807, 2.05) is 37.4 Å². The molecule has 1 unspecified atom stereocenters. The first kappa shape index (κ1) is 16.6. The molecule has 0 radical (unpaired) electrons. The van der Waals surface area contributed by atoms with Gasteiger partial charge in [0.15, 0.2) is 5.82 Å². The summed E-state index contributed by atoms with van der Waals surface area (Å²) in [5.41, 5.74) is 1.62. The highest BCUT2D eigenvalue weighted by Gasteiger charge is 2.26. The van der Waals surface area contributed by atoms with Gasteiger partial charge in [-0.15, -0.1) is 5.10 Å². The molecule has 7 nitrogen and oxygen atoms in total. The maximum absolute atomic E-state index is 12.6. The number of hydrogen-bond donors (Lipinski definition) is 1. The van der Waals surface area contributed by atoms with E-state index in [1.165, 1.54) is 0 Å². The molecule has 0 spiro atoms. The third-order valence-electron chi connectivity index (χ3n) is 5.04. The first-order chi connectivity index (χ1) is 12.7. The fraction of sp³-hybridized carbons (Fsp3) is 0.421. The molecule has 0 bridgehead atoms. The second-order valence-electron chi connectivity index (χ2n) is 6.73. The lowest BCUT2D eigenvalue weighted by Crippen LogP contribution is -2.40. The van der Waals surface area contributed by atoms with Gasteiger partial charge in [-0.05, 0) is 43.2 Å². The number of ether oxygens (including phenoxy) is 1. The summed E-state index contributed by atoms with van der Waals surface area (Å²) in [7, 11) is 2.01. The zero-order valence-electron chi connectivity index (χ0n) is 14.9. The van der Waals surface area contributed by atoms with E-state index >= 15 is 0 Å². The molecule has 0 aliphatic carbocycles. The van der Waals surface area contributed by atoms with Gasteiger partial charge in [0.05, 0.1) is 12.2 Å². The average molecular weight is 353 g/mol. The second kappa shape index (κ2) is 7.19. The molecule has 1 atom stereocenters. The summed E-state index contributed by atoms with van der Waals surface area (Å²) < 4.78 is 5.64. The fourth-order valence-electron chi connectivity index (χ4n) is 3.60. The molecule has 4 rings (SSSR count). The highest BCUT2D eigenvalue weighted by Crippen LogP contribution is 2.31. The van der Waals surface area contributed by atoms with Crippen molar-refractivity contribution in [1.29, 1.82) is 0 Å². The predicted octanol–water partition coefficient (Wildman–Crippen LogP) is 1.70. The summed E-state index contributed by atoms with van der Waals surface area (Å²) in [6.45, 7) is 3.04. The van der Waals surface area contributed by atoms with E-state index in [9.17, 15) is 4.79 Å². The van der Waals surface area contributed by atoms with Gasteiger partial charge in [0, 0.05) is 37.9 Å². The summed E-state index contributed by atoms with van der Waals surface area (Å²) in [6, 6.07) is 9.70. The van der Waals surface area contributed by atoms with Crippen LogP contribution in [0.5, 0.6) is 5.75 Å². The van der Waals surface area contributed by atoms with Gasteiger partial charge < -0.3 is 19.9 Å². The largest absolute Gasteiger partial charge is 0.490 e. The van der Waals surface area contributed by atoms with Crippen LogP contribution in [0.3, 0.4) is 0 Å². The number of nitrogens with zero attached hydrogens (tertiary/aromatic N) is 4. The second-order valence-corrected chi connectivity index (χ2v) is 6.73. The molecule has 3 heterocycles. The number of anilines is 2. The molecule has 7 heteroatoms. The van der Waals surface area contributed by atoms with Crippen LogP contribution in [0.15, 0.2) is 36.5 Å². The molecule has 1 fully saturated rings. The van der Waals surface area contributed by atoms with E-state index in [1.54, 1.807) is 6.20 Å². The van der Waals surface area contributed by atoms with Crippen molar-refractivity contribution in [3.63, 3.8) is 0 Å². The lowest BCUT2D eigenvalue weighted by molar-refractivity contribution is 0.0951. The number of nitrogens with one attached hydrogen (secondary N) is 1.